The second-order valence-corrected chi connectivity index (χ2v) is 5.12. The van der Waals surface area contributed by atoms with E-state index in [1.165, 1.54) is 37.4 Å². The SMILES string of the molecule is COC(=O)c1ccc(NC(=O)Cc2ccc([N+](=O)[O-])cc2[N+](=O)[O-])cc1. The summed E-state index contributed by atoms with van der Waals surface area (Å²) >= 11 is 0. The highest BCUT2D eigenvalue weighted by Crippen LogP contribution is 2.25. The number of hydrogen-bond donors (Lipinski definition) is 1. The summed E-state index contributed by atoms with van der Waals surface area (Å²) in [5.74, 6) is -1.07. The molecule has 0 fully saturated rings. The molecule has 2 aromatic carbocycles. The number of rotatable bonds is 6. The minimum atomic E-state index is -0.777. The summed E-state index contributed by atoms with van der Waals surface area (Å²) in [6.07, 6.45) is -0.340. The van der Waals surface area contributed by atoms with Gasteiger partial charge in [-0.1, -0.05) is 0 Å². The van der Waals surface area contributed by atoms with Crippen LogP contribution in [0.15, 0.2) is 42.5 Å². The van der Waals surface area contributed by atoms with Gasteiger partial charge in [0.2, 0.25) is 5.91 Å². The van der Waals surface area contributed by atoms with Crippen LogP contribution in [0.3, 0.4) is 0 Å². The lowest BCUT2D eigenvalue weighted by Gasteiger charge is -2.07. The van der Waals surface area contributed by atoms with E-state index in [-0.39, 0.29) is 12.0 Å². The van der Waals surface area contributed by atoms with Crippen molar-refractivity contribution in [3.63, 3.8) is 0 Å². The van der Waals surface area contributed by atoms with Gasteiger partial charge in [-0.15, -0.1) is 0 Å². The minimum Gasteiger partial charge on any atom is -0.465 e. The Bertz CT molecular complexity index is 878. The average Bonchev–Trinajstić information content (AvgIpc) is 2.61. The van der Waals surface area contributed by atoms with Crippen molar-refractivity contribution < 1.29 is 24.2 Å². The molecule has 0 saturated carbocycles. The summed E-state index contributed by atoms with van der Waals surface area (Å²) in [4.78, 5) is 43.7. The van der Waals surface area contributed by atoms with E-state index >= 15 is 0 Å². The van der Waals surface area contributed by atoms with E-state index in [4.69, 9.17) is 0 Å². The first-order chi connectivity index (χ1) is 12.3. The minimum absolute atomic E-state index is 0.0456. The lowest BCUT2D eigenvalue weighted by molar-refractivity contribution is -0.394. The van der Waals surface area contributed by atoms with Crippen molar-refractivity contribution in [2.24, 2.45) is 0 Å². The first-order valence-corrected chi connectivity index (χ1v) is 7.21. The normalized spacial score (nSPS) is 10.0. The Kier molecular flexibility index (Phi) is 5.58. The molecule has 0 aromatic heterocycles. The summed E-state index contributed by atoms with van der Waals surface area (Å²) in [5.41, 5.74) is -0.206. The van der Waals surface area contributed by atoms with E-state index in [0.29, 0.717) is 11.3 Å². The quantitative estimate of drug-likeness (QED) is 0.474. The highest BCUT2D eigenvalue weighted by Gasteiger charge is 2.21. The fourth-order valence-corrected chi connectivity index (χ4v) is 2.17. The molecule has 0 bridgehead atoms. The van der Waals surface area contributed by atoms with E-state index < -0.39 is 33.1 Å². The summed E-state index contributed by atoms with van der Waals surface area (Å²) in [7, 11) is 1.25. The number of ether oxygens (including phenoxy) is 1. The molecule has 0 radical (unpaired) electrons. The molecule has 2 aromatic rings. The standard InChI is InChI=1S/C16H13N3O7/c1-26-16(21)10-2-5-12(6-3-10)17-15(20)8-11-4-7-13(18(22)23)9-14(11)19(24)25/h2-7,9H,8H2,1H3,(H,17,20). The van der Waals surface area contributed by atoms with Gasteiger partial charge in [-0.3, -0.25) is 25.0 Å². The number of benzene rings is 2. The van der Waals surface area contributed by atoms with Crippen LogP contribution < -0.4 is 5.32 Å². The molecule has 0 saturated heterocycles. The Hall–Kier alpha value is -3.82. The van der Waals surface area contributed by atoms with E-state index in [0.717, 1.165) is 12.1 Å². The Balaban J connectivity index is 2.13. The van der Waals surface area contributed by atoms with Gasteiger partial charge in [0.1, 0.15) is 0 Å². The zero-order valence-corrected chi connectivity index (χ0v) is 13.5. The number of nitro groups is 2. The number of esters is 1. The molecule has 134 valence electrons. The molecule has 10 heteroatoms. The maximum atomic E-state index is 12.1. The van der Waals surface area contributed by atoms with Gasteiger partial charge < -0.3 is 10.1 Å². The van der Waals surface area contributed by atoms with Crippen LogP contribution in [0.2, 0.25) is 0 Å². The molecule has 26 heavy (non-hydrogen) atoms. The van der Waals surface area contributed by atoms with Crippen LogP contribution in [0.4, 0.5) is 17.1 Å². The summed E-state index contributed by atoms with van der Waals surface area (Å²) < 4.78 is 4.56. The Morgan fingerprint density at radius 1 is 1.04 bits per heavy atom. The lowest BCUT2D eigenvalue weighted by Crippen LogP contribution is -2.15. The average molecular weight is 359 g/mol. The number of nitro benzene ring substituents is 2. The maximum absolute atomic E-state index is 12.1. The zero-order chi connectivity index (χ0) is 19.3. The molecule has 0 atom stereocenters. The van der Waals surface area contributed by atoms with Crippen molar-refractivity contribution in [3.8, 4) is 0 Å². The largest absolute Gasteiger partial charge is 0.465 e. The predicted molar refractivity (Wildman–Crippen MR) is 89.9 cm³/mol. The second kappa shape index (κ2) is 7.83. The third-order valence-corrected chi connectivity index (χ3v) is 3.42. The van der Waals surface area contributed by atoms with Crippen LogP contribution in [0.5, 0.6) is 0 Å². The van der Waals surface area contributed by atoms with Gasteiger partial charge in [-0.05, 0) is 30.3 Å². The second-order valence-electron chi connectivity index (χ2n) is 5.12. The number of hydrogen-bond acceptors (Lipinski definition) is 7. The van der Waals surface area contributed by atoms with Crippen LogP contribution in [-0.4, -0.2) is 28.8 Å². The van der Waals surface area contributed by atoms with Crippen molar-refractivity contribution >= 4 is 28.9 Å². The van der Waals surface area contributed by atoms with Crippen LogP contribution in [0.25, 0.3) is 0 Å². The van der Waals surface area contributed by atoms with Gasteiger partial charge in [-0.25, -0.2) is 4.79 Å². The van der Waals surface area contributed by atoms with Gasteiger partial charge >= 0.3 is 5.97 Å². The van der Waals surface area contributed by atoms with Gasteiger partial charge in [0.25, 0.3) is 11.4 Å². The third-order valence-electron chi connectivity index (χ3n) is 3.42. The maximum Gasteiger partial charge on any atom is 0.337 e. The molecule has 0 aliphatic heterocycles. The molecule has 0 spiro atoms. The first-order valence-electron chi connectivity index (χ1n) is 7.21. The zero-order valence-electron chi connectivity index (χ0n) is 13.5. The van der Waals surface area contributed by atoms with Crippen molar-refractivity contribution in [3.05, 3.63) is 73.8 Å². The summed E-state index contributed by atoms with van der Waals surface area (Å²) in [6.45, 7) is 0. The van der Waals surface area contributed by atoms with Gasteiger partial charge in [0.05, 0.1) is 35.0 Å². The van der Waals surface area contributed by atoms with Crippen molar-refractivity contribution in [1.29, 1.82) is 0 Å². The third kappa shape index (κ3) is 4.38. The Morgan fingerprint density at radius 2 is 1.69 bits per heavy atom. The molecule has 10 nitrogen and oxygen atoms in total. The van der Waals surface area contributed by atoms with E-state index in [1.54, 1.807) is 0 Å². The van der Waals surface area contributed by atoms with Crippen LogP contribution in [-0.2, 0) is 16.0 Å². The number of non-ortho nitro benzene ring substituents is 1. The van der Waals surface area contributed by atoms with Gasteiger partial charge in [-0.2, -0.15) is 0 Å². The number of nitrogens with zero attached hydrogens (tertiary/aromatic N) is 2. The molecule has 0 aliphatic rings. The molecule has 0 unspecified atom stereocenters. The highest BCUT2D eigenvalue weighted by molar-refractivity contribution is 5.94. The van der Waals surface area contributed by atoms with Crippen molar-refractivity contribution in [1.82, 2.24) is 0 Å². The summed E-state index contributed by atoms with van der Waals surface area (Å²) in [5, 5.41) is 24.3. The molecule has 1 N–H and O–H groups in total. The fourth-order valence-electron chi connectivity index (χ4n) is 2.17. The van der Waals surface area contributed by atoms with Crippen molar-refractivity contribution in [2.75, 3.05) is 12.4 Å². The molecule has 0 heterocycles. The smallest absolute Gasteiger partial charge is 0.337 e. The molecular weight excluding hydrogens is 346 g/mol. The fraction of sp³-hybridized carbons (Fsp3) is 0.125. The monoisotopic (exact) mass is 359 g/mol. The highest BCUT2D eigenvalue weighted by atomic mass is 16.6. The molecule has 2 rings (SSSR count). The van der Waals surface area contributed by atoms with E-state index in [9.17, 15) is 29.8 Å². The number of anilines is 1. The number of carbonyl (C=O) groups is 2. The van der Waals surface area contributed by atoms with Gasteiger partial charge in [0.15, 0.2) is 0 Å². The van der Waals surface area contributed by atoms with Gasteiger partial charge in [0, 0.05) is 17.3 Å². The molecule has 0 aliphatic carbocycles. The van der Waals surface area contributed by atoms with Crippen LogP contribution in [0, 0.1) is 20.2 Å². The van der Waals surface area contributed by atoms with E-state index in [1.807, 2.05) is 0 Å². The number of methoxy groups -OCH3 is 1. The molecular formula is C16H13N3O7. The number of carbonyl (C=O) groups excluding carboxylic acids is 2. The van der Waals surface area contributed by atoms with Crippen LogP contribution >= 0.6 is 0 Å². The summed E-state index contributed by atoms with van der Waals surface area (Å²) in [6, 6.07) is 8.96. The molecule has 1 amide bonds. The van der Waals surface area contributed by atoms with E-state index in [2.05, 4.69) is 10.1 Å². The predicted octanol–water partition coefficient (Wildman–Crippen LogP) is 2.47. The number of amides is 1. The number of nitrogens with one attached hydrogen (secondary N) is 1. The Morgan fingerprint density at radius 3 is 2.23 bits per heavy atom. The lowest BCUT2D eigenvalue weighted by atomic mass is 10.1. The first kappa shape index (κ1) is 18.5. The van der Waals surface area contributed by atoms with Crippen molar-refractivity contribution in [2.45, 2.75) is 6.42 Å². The topological polar surface area (TPSA) is 142 Å². The Labute approximate surface area is 146 Å². The van der Waals surface area contributed by atoms with Crippen LogP contribution in [0.1, 0.15) is 15.9 Å².